The SMILES string of the molecule is c1ccc(C(c2ccc(-c3cc4c(c5ccccc35)C3(c5ccccc5-c5ccccc53)c3c-4c4ccccc4c4cc(-c5ccc(N(c6ccccc6)c6cccc7c6sc6ccccc67)cc5)ccc34)cc2)c2cccc3c2sc2ccccc23)cc1. The minimum Gasteiger partial charge on any atom is -0.309 e. The fourth-order valence-corrected chi connectivity index (χ4v) is 18.4. The third-order valence-corrected chi connectivity index (χ3v) is 22.0. The van der Waals surface area contributed by atoms with Crippen molar-refractivity contribution >= 4 is 112 Å². The Kier molecular flexibility index (Phi) is 11.2. The van der Waals surface area contributed by atoms with Gasteiger partial charge in [-0.25, -0.2) is 0 Å². The van der Waals surface area contributed by atoms with Crippen LogP contribution in [0.2, 0.25) is 0 Å². The van der Waals surface area contributed by atoms with Crippen molar-refractivity contribution in [3.05, 3.63) is 354 Å². The molecule has 1 unspecified atom stereocenters. The first-order valence-electron chi connectivity index (χ1n) is 30.8. The quantitative estimate of drug-likeness (QED) is 0.108. The number of para-hydroxylation sites is 1. The first-order chi connectivity index (χ1) is 44.2. The molecule has 0 saturated heterocycles. The van der Waals surface area contributed by atoms with Crippen molar-refractivity contribution in [3.8, 4) is 44.5 Å². The van der Waals surface area contributed by atoms with Crippen molar-refractivity contribution in [1.82, 2.24) is 0 Å². The van der Waals surface area contributed by atoms with Crippen molar-refractivity contribution in [2.24, 2.45) is 0 Å². The fourth-order valence-electron chi connectivity index (χ4n) is 15.9. The van der Waals surface area contributed by atoms with Gasteiger partial charge in [0.1, 0.15) is 0 Å². The molecule has 1 atom stereocenters. The van der Waals surface area contributed by atoms with E-state index in [0.717, 1.165) is 11.4 Å². The average molecular weight is 1160 g/mol. The van der Waals surface area contributed by atoms with Gasteiger partial charge in [-0.15, -0.1) is 22.7 Å². The molecule has 19 rings (SSSR count). The Balaban J connectivity index is 0.802. The predicted molar refractivity (Wildman–Crippen MR) is 380 cm³/mol. The van der Waals surface area contributed by atoms with Crippen LogP contribution in [0.1, 0.15) is 44.9 Å². The van der Waals surface area contributed by atoms with Gasteiger partial charge in [0.05, 0.1) is 15.8 Å². The summed E-state index contributed by atoms with van der Waals surface area (Å²) in [6, 6.07) is 119. The van der Waals surface area contributed by atoms with Crippen LogP contribution in [-0.4, -0.2) is 0 Å². The van der Waals surface area contributed by atoms with Crippen LogP contribution in [0.4, 0.5) is 17.1 Å². The summed E-state index contributed by atoms with van der Waals surface area (Å²) in [7, 11) is 0. The van der Waals surface area contributed by atoms with Gasteiger partial charge in [0, 0.05) is 52.9 Å². The van der Waals surface area contributed by atoms with Crippen LogP contribution in [0, 0.1) is 0 Å². The molecule has 2 aliphatic rings. The van der Waals surface area contributed by atoms with Crippen molar-refractivity contribution in [1.29, 1.82) is 0 Å². The zero-order valence-electron chi connectivity index (χ0n) is 48.4. The Bertz CT molecular complexity index is 5690. The predicted octanol–water partition coefficient (Wildman–Crippen LogP) is 24.2. The highest BCUT2D eigenvalue weighted by atomic mass is 32.1. The molecule has 0 fully saturated rings. The van der Waals surface area contributed by atoms with E-state index in [1.807, 2.05) is 22.7 Å². The molecule has 414 valence electrons. The summed E-state index contributed by atoms with van der Waals surface area (Å²) in [6.45, 7) is 0. The highest BCUT2D eigenvalue weighted by molar-refractivity contribution is 7.26. The number of rotatable bonds is 8. The van der Waals surface area contributed by atoms with Crippen LogP contribution in [0.3, 0.4) is 0 Å². The molecule has 17 aromatic rings. The smallest absolute Gasteiger partial charge is 0.0737 e. The van der Waals surface area contributed by atoms with E-state index in [1.54, 1.807) is 0 Å². The number of anilines is 3. The Morgan fingerprint density at radius 3 is 1.49 bits per heavy atom. The Hall–Kier alpha value is -10.7. The van der Waals surface area contributed by atoms with Gasteiger partial charge >= 0.3 is 0 Å². The maximum Gasteiger partial charge on any atom is 0.0737 e. The Labute approximate surface area is 523 Å². The van der Waals surface area contributed by atoms with Gasteiger partial charge in [-0.3, -0.25) is 0 Å². The maximum absolute atomic E-state index is 2.57. The van der Waals surface area contributed by atoms with Gasteiger partial charge in [-0.2, -0.15) is 0 Å². The van der Waals surface area contributed by atoms with Crippen molar-refractivity contribution in [2.75, 3.05) is 4.90 Å². The van der Waals surface area contributed by atoms with Crippen LogP contribution >= 0.6 is 22.7 Å². The van der Waals surface area contributed by atoms with Crippen LogP contribution in [0.25, 0.3) is 117 Å². The summed E-state index contributed by atoms with van der Waals surface area (Å²) < 4.78 is 5.26. The first kappa shape index (κ1) is 50.5. The number of hydrogen-bond acceptors (Lipinski definition) is 3. The van der Waals surface area contributed by atoms with E-state index >= 15 is 0 Å². The van der Waals surface area contributed by atoms with E-state index in [4.69, 9.17) is 0 Å². The lowest BCUT2D eigenvalue weighted by Crippen LogP contribution is -2.26. The summed E-state index contributed by atoms with van der Waals surface area (Å²) in [5.41, 5.74) is 22.2. The summed E-state index contributed by atoms with van der Waals surface area (Å²) in [5.74, 6) is 0.0523. The fraction of sp³-hybridized carbons (Fsp3) is 0.0233. The second-order valence-electron chi connectivity index (χ2n) is 24.0. The molecule has 3 heteroatoms. The molecule has 2 aromatic heterocycles. The molecule has 89 heavy (non-hydrogen) atoms. The van der Waals surface area contributed by atoms with E-state index in [2.05, 4.69) is 320 Å². The van der Waals surface area contributed by atoms with Crippen LogP contribution in [-0.2, 0) is 5.41 Å². The molecule has 0 saturated carbocycles. The number of thiophene rings is 2. The van der Waals surface area contributed by atoms with Crippen LogP contribution < -0.4 is 4.90 Å². The van der Waals surface area contributed by atoms with E-state index in [1.165, 1.54) is 162 Å². The maximum atomic E-state index is 2.57. The highest BCUT2D eigenvalue weighted by Gasteiger charge is 2.54. The highest BCUT2D eigenvalue weighted by Crippen LogP contribution is 2.67. The number of hydrogen-bond donors (Lipinski definition) is 0. The van der Waals surface area contributed by atoms with Gasteiger partial charge in [0.15, 0.2) is 0 Å². The molecular formula is C86H53NS2. The molecule has 1 nitrogen and oxygen atoms in total. The van der Waals surface area contributed by atoms with Gasteiger partial charge in [-0.05, 0) is 170 Å². The summed E-state index contributed by atoms with van der Waals surface area (Å²) in [4.78, 5) is 2.42. The first-order valence-corrected chi connectivity index (χ1v) is 32.5. The lowest BCUT2D eigenvalue weighted by atomic mass is 9.68. The van der Waals surface area contributed by atoms with Gasteiger partial charge < -0.3 is 4.90 Å². The minimum atomic E-state index is -0.611. The monoisotopic (exact) mass is 1160 g/mol. The number of fused-ring (bicyclic) bond motifs is 23. The summed E-state index contributed by atoms with van der Waals surface area (Å²) in [5, 5.41) is 12.8. The molecule has 0 radical (unpaired) electrons. The molecule has 0 aliphatic heterocycles. The molecule has 0 amide bonds. The average Bonchev–Trinajstić information content (AvgIpc) is 1.51. The molecule has 1 spiro atoms. The second kappa shape index (κ2) is 19.7. The number of benzene rings is 15. The number of nitrogens with zero attached hydrogens (tertiary/aromatic N) is 1. The molecule has 15 aromatic carbocycles. The van der Waals surface area contributed by atoms with Gasteiger partial charge in [-0.1, -0.05) is 261 Å². The Morgan fingerprint density at radius 2 is 0.787 bits per heavy atom. The molecule has 2 heterocycles. The summed E-state index contributed by atoms with van der Waals surface area (Å²) >= 11 is 3.78. The van der Waals surface area contributed by atoms with Gasteiger partial charge in [0.2, 0.25) is 0 Å². The lowest BCUT2D eigenvalue weighted by molar-refractivity contribution is 0.809. The molecule has 2 aliphatic carbocycles. The molecule has 0 bridgehead atoms. The van der Waals surface area contributed by atoms with Crippen LogP contribution in [0.5, 0.6) is 0 Å². The second-order valence-corrected chi connectivity index (χ2v) is 26.2. The topological polar surface area (TPSA) is 3.24 Å². The van der Waals surface area contributed by atoms with Crippen molar-refractivity contribution in [3.63, 3.8) is 0 Å². The zero-order chi connectivity index (χ0) is 58.3. The Morgan fingerprint density at radius 1 is 0.281 bits per heavy atom. The van der Waals surface area contributed by atoms with E-state index < -0.39 is 5.41 Å². The van der Waals surface area contributed by atoms with E-state index in [9.17, 15) is 0 Å². The van der Waals surface area contributed by atoms with E-state index in [0.29, 0.717) is 0 Å². The van der Waals surface area contributed by atoms with Gasteiger partial charge in [0.25, 0.3) is 0 Å². The summed E-state index contributed by atoms with van der Waals surface area (Å²) in [6.07, 6.45) is 0. The third kappa shape index (κ3) is 7.35. The lowest BCUT2D eigenvalue weighted by Gasteiger charge is -2.33. The molecular weight excluding hydrogens is 1110 g/mol. The minimum absolute atomic E-state index is 0.0523. The van der Waals surface area contributed by atoms with E-state index in [-0.39, 0.29) is 5.92 Å². The largest absolute Gasteiger partial charge is 0.309 e. The zero-order valence-corrected chi connectivity index (χ0v) is 50.0. The normalized spacial score (nSPS) is 13.2. The molecule has 0 N–H and O–H groups in total. The van der Waals surface area contributed by atoms with Crippen molar-refractivity contribution < 1.29 is 0 Å². The standard InChI is InChI=1S/C86H53NS2/c1-3-21-55(22-4-1)80(71-35-19-33-69-64-29-13-17-39-78(64)88-84(69)71)56-43-41-54(42-44-56)72-52-74-81-66-31-9-7-25-60(66)73-51-57(53-45-48-59(49-46-53)87(58-23-5-2-6-24-58)77-38-20-34-70-65-30-14-18-40-79(65)89-85(70)77)47-50-68(73)83(81)86(82(74)67-32-10-8-26-61(67)72)75-36-15-11-27-62(75)63-28-12-16-37-76(63)86/h1-52,80H. The van der Waals surface area contributed by atoms with Crippen molar-refractivity contribution in [2.45, 2.75) is 11.3 Å². The van der Waals surface area contributed by atoms with Crippen LogP contribution in [0.15, 0.2) is 315 Å². The third-order valence-electron chi connectivity index (χ3n) is 19.6.